The first-order valence-electron chi connectivity index (χ1n) is 4.05. The van der Waals surface area contributed by atoms with E-state index in [1.165, 1.54) is 0 Å². The lowest BCUT2D eigenvalue weighted by Gasteiger charge is -2.06. The fourth-order valence-electron chi connectivity index (χ4n) is 1.11. The zero-order chi connectivity index (χ0) is 8.97. The third-order valence-corrected chi connectivity index (χ3v) is 1.73. The molecule has 1 heterocycles. The zero-order valence-electron chi connectivity index (χ0n) is 7.27. The van der Waals surface area contributed by atoms with E-state index in [1.54, 1.807) is 6.33 Å². The summed E-state index contributed by atoms with van der Waals surface area (Å²) < 4.78 is 1.89. The van der Waals surface area contributed by atoms with Gasteiger partial charge in [0.2, 0.25) is 0 Å². The summed E-state index contributed by atoms with van der Waals surface area (Å²) in [5.41, 5.74) is 6.70. The van der Waals surface area contributed by atoms with Crippen LogP contribution in [0.4, 0.5) is 0 Å². The topological polar surface area (TPSA) is 64.1 Å². The van der Waals surface area contributed by atoms with Crippen molar-refractivity contribution < 1.29 is 5.11 Å². The van der Waals surface area contributed by atoms with E-state index in [1.807, 2.05) is 17.8 Å². The minimum Gasteiger partial charge on any atom is -0.396 e. The van der Waals surface area contributed by atoms with Crippen LogP contribution in [0.3, 0.4) is 0 Å². The predicted octanol–water partition coefficient (Wildman–Crippen LogP) is -0.328. The highest BCUT2D eigenvalue weighted by molar-refractivity contribution is 4.98. The molecule has 0 aliphatic carbocycles. The molecule has 1 aromatic rings. The largest absolute Gasteiger partial charge is 0.396 e. The molecule has 0 saturated carbocycles. The maximum atomic E-state index is 8.61. The van der Waals surface area contributed by atoms with Crippen LogP contribution in [0, 0.1) is 0 Å². The lowest BCUT2D eigenvalue weighted by atomic mass is 10.1. The molecule has 0 aliphatic heterocycles. The lowest BCUT2D eigenvalue weighted by Crippen LogP contribution is -2.24. The number of nitrogens with two attached hydrogens (primary N) is 1. The Bertz CT molecular complexity index is 234. The quantitative estimate of drug-likeness (QED) is 0.649. The summed E-state index contributed by atoms with van der Waals surface area (Å²) in [4.78, 5) is 4.14. The fraction of sp³-hybridized carbons (Fsp3) is 0.625. The summed E-state index contributed by atoms with van der Waals surface area (Å²) in [5.74, 6) is 0. The Morgan fingerprint density at radius 2 is 2.50 bits per heavy atom. The predicted molar refractivity (Wildman–Crippen MR) is 46.6 cm³/mol. The van der Waals surface area contributed by atoms with Crippen LogP contribution in [-0.4, -0.2) is 27.3 Å². The van der Waals surface area contributed by atoms with Crippen molar-refractivity contribution in [1.29, 1.82) is 0 Å². The first-order valence-corrected chi connectivity index (χ1v) is 4.05. The number of aliphatic hydroxyl groups excluding tert-OH is 1. The standard InChI is InChI=1S/C8H15N3O/c1-11-5-8(10-6-11)4-7(9)2-3-12/h5-7,12H,2-4,9H2,1H3. The average Bonchev–Trinajstić information content (AvgIpc) is 2.36. The van der Waals surface area contributed by atoms with E-state index in [0.717, 1.165) is 12.1 Å². The molecule has 3 N–H and O–H groups in total. The molecule has 1 rings (SSSR count). The number of aliphatic hydroxyl groups is 1. The zero-order valence-corrected chi connectivity index (χ0v) is 7.27. The van der Waals surface area contributed by atoms with Gasteiger partial charge in [-0.1, -0.05) is 0 Å². The molecule has 0 aliphatic rings. The maximum Gasteiger partial charge on any atom is 0.0946 e. The summed E-state index contributed by atoms with van der Waals surface area (Å²) in [6.07, 6.45) is 5.07. The number of hydrogen-bond acceptors (Lipinski definition) is 3. The van der Waals surface area contributed by atoms with Crippen molar-refractivity contribution in [2.45, 2.75) is 18.9 Å². The van der Waals surface area contributed by atoms with Gasteiger partial charge in [-0.2, -0.15) is 0 Å². The van der Waals surface area contributed by atoms with E-state index in [9.17, 15) is 0 Å². The molecule has 68 valence electrons. The van der Waals surface area contributed by atoms with Gasteiger partial charge in [-0.3, -0.25) is 0 Å². The molecule has 0 amide bonds. The highest BCUT2D eigenvalue weighted by Crippen LogP contribution is 2.00. The van der Waals surface area contributed by atoms with Gasteiger partial charge < -0.3 is 15.4 Å². The monoisotopic (exact) mass is 169 g/mol. The van der Waals surface area contributed by atoms with Crippen molar-refractivity contribution in [1.82, 2.24) is 9.55 Å². The summed E-state index contributed by atoms with van der Waals surface area (Å²) >= 11 is 0. The SMILES string of the molecule is Cn1cnc(CC(N)CCO)c1. The van der Waals surface area contributed by atoms with Crippen molar-refractivity contribution in [3.05, 3.63) is 18.2 Å². The van der Waals surface area contributed by atoms with Crippen LogP contribution in [0.5, 0.6) is 0 Å². The minimum atomic E-state index is 0.0184. The third-order valence-electron chi connectivity index (χ3n) is 1.73. The fourth-order valence-corrected chi connectivity index (χ4v) is 1.11. The van der Waals surface area contributed by atoms with Crippen molar-refractivity contribution in [2.75, 3.05) is 6.61 Å². The van der Waals surface area contributed by atoms with Crippen LogP contribution in [0.15, 0.2) is 12.5 Å². The van der Waals surface area contributed by atoms with Crippen LogP contribution in [0.25, 0.3) is 0 Å². The number of rotatable bonds is 4. The number of hydrogen-bond donors (Lipinski definition) is 2. The van der Waals surface area contributed by atoms with Gasteiger partial charge in [0.15, 0.2) is 0 Å². The van der Waals surface area contributed by atoms with Crippen molar-refractivity contribution in [3.63, 3.8) is 0 Å². The molecule has 0 fully saturated rings. The number of imidazole rings is 1. The average molecular weight is 169 g/mol. The molecule has 4 nitrogen and oxygen atoms in total. The maximum absolute atomic E-state index is 8.61. The highest BCUT2D eigenvalue weighted by atomic mass is 16.3. The van der Waals surface area contributed by atoms with Gasteiger partial charge in [0.25, 0.3) is 0 Å². The second-order valence-corrected chi connectivity index (χ2v) is 3.01. The normalized spacial score (nSPS) is 13.2. The van der Waals surface area contributed by atoms with Gasteiger partial charge in [0, 0.05) is 32.3 Å². The third kappa shape index (κ3) is 2.64. The Morgan fingerprint density at radius 1 is 1.75 bits per heavy atom. The van der Waals surface area contributed by atoms with Gasteiger partial charge in [-0.05, 0) is 6.42 Å². The molecule has 12 heavy (non-hydrogen) atoms. The summed E-state index contributed by atoms with van der Waals surface area (Å²) in [6.45, 7) is 0.147. The molecule has 0 saturated heterocycles. The van der Waals surface area contributed by atoms with Gasteiger partial charge in [0.1, 0.15) is 0 Å². The van der Waals surface area contributed by atoms with E-state index >= 15 is 0 Å². The molecule has 0 bridgehead atoms. The van der Waals surface area contributed by atoms with E-state index < -0.39 is 0 Å². The Morgan fingerprint density at radius 3 is 3.00 bits per heavy atom. The molecule has 1 aromatic heterocycles. The molecule has 1 atom stereocenters. The van der Waals surface area contributed by atoms with E-state index in [0.29, 0.717) is 6.42 Å². The number of nitrogens with zero attached hydrogens (tertiary/aromatic N) is 2. The summed E-state index contributed by atoms with van der Waals surface area (Å²) in [7, 11) is 1.92. The molecule has 1 unspecified atom stereocenters. The lowest BCUT2D eigenvalue weighted by molar-refractivity contribution is 0.275. The molecule has 0 radical (unpaired) electrons. The van der Waals surface area contributed by atoms with Crippen LogP contribution in [-0.2, 0) is 13.5 Å². The van der Waals surface area contributed by atoms with E-state index in [4.69, 9.17) is 10.8 Å². The Labute approximate surface area is 72.0 Å². The van der Waals surface area contributed by atoms with Gasteiger partial charge >= 0.3 is 0 Å². The van der Waals surface area contributed by atoms with Crippen molar-refractivity contribution >= 4 is 0 Å². The van der Waals surface area contributed by atoms with Crippen molar-refractivity contribution in [2.24, 2.45) is 12.8 Å². The van der Waals surface area contributed by atoms with Gasteiger partial charge in [-0.25, -0.2) is 4.98 Å². The molecule has 4 heteroatoms. The van der Waals surface area contributed by atoms with Crippen LogP contribution in [0.2, 0.25) is 0 Å². The second-order valence-electron chi connectivity index (χ2n) is 3.01. The van der Waals surface area contributed by atoms with Crippen molar-refractivity contribution in [3.8, 4) is 0 Å². The van der Waals surface area contributed by atoms with E-state index in [2.05, 4.69) is 4.98 Å². The van der Waals surface area contributed by atoms with E-state index in [-0.39, 0.29) is 12.6 Å². The van der Waals surface area contributed by atoms with Crippen LogP contribution < -0.4 is 5.73 Å². The molecular formula is C8H15N3O. The highest BCUT2D eigenvalue weighted by Gasteiger charge is 2.04. The minimum absolute atomic E-state index is 0.0184. The first kappa shape index (κ1) is 9.22. The molecule has 0 aromatic carbocycles. The first-order chi connectivity index (χ1) is 5.72. The number of aryl methyl sites for hydroxylation is 1. The summed E-state index contributed by atoms with van der Waals surface area (Å²) in [6, 6.07) is 0.0184. The molecule has 0 spiro atoms. The molecular weight excluding hydrogens is 154 g/mol. The Kier molecular flexibility index (Phi) is 3.25. The summed E-state index contributed by atoms with van der Waals surface area (Å²) in [5, 5.41) is 8.61. The smallest absolute Gasteiger partial charge is 0.0946 e. The van der Waals surface area contributed by atoms with Gasteiger partial charge in [-0.15, -0.1) is 0 Å². The van der Waals surface area contributed by atoms with Gasteiger partial charge in [0.05, 0.1) is 12.0 Å². The van der Waals surface area contributed by atoms with Crippen LogP contribution >= 0.6 is 0 Å². The Balaban J connectivity index is 2.41. The Hall–Kier alpha value is -0.870. The van der Waals surface area contributed by atoms with Crippen LogP contribution in [0.1, 0.15) is 12.1 Å². The second kappa shape index (κ2) is 4.23. The number of aromatic nitrogens is 2.